The molecule has 2 aromatic rings. The second-order valence-corrected chi connectivity index (χ2v) is 8.38. The minimum absolute atomic E-state index is 0.266. The van der Waals surface area contributed by atoms with Gasteiger partial charge < -0.3 is 9.84 Å². The molecule has 146 valence electrons. The summed E-state index contributed by atoms with van der Waals surface area (Å²) in [5.74, 6) is 2.39. The van der Waals surface area contributed by atoms with Crippen molar-refractivity contribution in [2.75, 3.05) is 6.54 Å². The fourth-order valence-electron chi connectivity index (χ4n) is 4.70. The molecule has 0 aromatic carbocycles. The van der Waals surface area contributed by atoms with Gasteiger partial charge in [0.1, 0.15) is 0 Å². The zero-order valence-corrected chi connectivity index (χ0v) is 16.4. The molecule has 1 N–H and O–H groups in total. The van der Waals surface area contributed by atoms with Gasteiger partial charge in [0.15, 0.2) is 5.76 Å². The van der Waals surface area contributed by atoms with Gasteiger partial charge in [-0.1, -0.05) is 18.0 Å². The van der Waals surface area contributed by atoms with E-state index in [9.17, 15) is 4.79 Å². The zero-order valence-electron chi connectivity index (χ0n) is 16.4. The molecule has 6 nitrogen and oxygen atoms in total. The summed E-state index contributed by atoms with van der Waals surface area (Å²) < 4.78 is 7.35. The van der Waals surface area contributed by atoms with Crippen LogP contribution in [0.4, 0.5) is 0 Å². The van der Waals surface area contributed by atoms with E-state index in [-0.39, 0.29) is 11.8 Å². The molecule has 2 aliphatic carbocycles. The normalized spacial score (nSPS) is 23.6. The summed E-state index contributed by atoms with van der Waals surface area (Å²) in [6.45, 7) is 2.77. The summed E-state index contributed by atoms with van der Waals surface area (Å²) in [7, 11) is 1.96. The van der Waals surface area contributed by atoms with Crippen LogP contribution < -0.4 is 5.32 Å². The molecule has 0 unspecified atom stereocenters. The van der Waals surface area contributed by atoms with Crippen molar-refractivity contribution >= 4 is 5.91 Å². The Labute approximate surface area is 160 Å². The minimum atomic E-state index is 0.266. The van der Waals surface area contributed by atoms with Gasteiger partial charge >= 0.3 is 0 Å². The average molecular weight is 370 g/mol. The number of hydrogen-bond acceptors (Lipinski definition) is 4. The van der Waals surface area contributed by atoms with Crippen LogP contribution in [-0.2, 0) is 11.8 Å². The van der Waals surface area contributed by atoms with Crippen LogP contribution in [0.25, 0.3) is 11.3 Å². The summed E-state index contributed by atoms with van der Waals surface area (Å²) in [5, 5.41) is 12.0. The van der Waals surface area contributed by atoms with E-state index in [0.29, 0.717) is 11.8 Å². The third-order valence-corrected chi connectivity index (χ3v) is 6.28. The molecule has 6 heteroatoms. The van der Waals surface area contributed by atoms with Crippen molar-refractivity contribution in [3.63, 3.8) is 0 Å². The van der Waals surface area contributed by atoms with E-state index in [0.717, 1.165) is 67.8 Å². The lowest BCUT2D eigenvalue weighted by Gasteiger charge is -2.28. The van der Waals surface area contributed by atoms with E-state index in [1.807, 2.05) is 30.9 Å². The van der Waals surface area contributed by atoms with Gasteiger partial charge in [-0.15, -0.1) is 0 Å². The van der Waals surface area contributed by atoms with Crippen molar-refractivity contribution in [1.29, 1.82) is 0 Å². The van der Waals surface area contributed by atoms with E-state index in [4.69, 9.17) is 9.62 Å². The van der Waals surface area contributed by atoms with Crippen molar-refractivity contribution in [1.82, 2.24) is 20.3 Å². The summed E-state index contributed by atoms with van der Waals surface area (Å²) in [4.78, 5) is 12.2. The van der Waals surface area contributed by atoms with Gasteiger partial charge in [-0.25, -0.2) is 0 Å². The van der Waals surface area contributed by atoms with E-state index in [2.05, 4.69) is 10.5 Å². The van der Waals surface area contributed by atoms with Gasteiger partial charge in [0.05, 0.1) is 17.0 Å². The van der Waals surface area contributed by atoms with Crippen LogP contribution in [-0.4, -0.2) is 27.4 Å². The summed E-state index contributed by atoms with van der Waals surface area (Å²) in [6.07, 6.45) is 11.1. The monoisotopic (exact) mass is 370 g/mol. The van der Waals surface area contributed by atoms with Crippen LogP contribution in [0.3, 0.4) is 0 Å². The zero-order chi connectivity index (χ0) is 18.8. The molecule has 2 heterocycles. The fourth-order valence-corrected chi connectivity index (χ4v) is 4.70. The number of nitrogens with one attached hydrogen (secondary N) is 1. The van der Waals surface area contributed by atoms with Gasteiger partial charge in [0.25, 0.3) is 0 Å². The molecular formula is C21H30N4O2. The number of hydrogen-bond donors (Lipinski definition) is 1. The maximum atomic E-state index is 12.2. The number of amides is 1. The van der Waals surface area contributed by atoms with Gasteiger partial charge in [0.2, 0.25) is 5.91 Å². The Morgan fingerprint density at radius 1 is 1.22 bits per heavy atom. The highest BCUT2D eigenvalue weighted by molar-refractivity contribution is 5.78. The molecule has 2 aromatic heterocycles. The Morgan fingerprint density at radius 3 is 2.63 bits per heavy atom. The maximum Gasteiger partial charge on any atom is 0.223 e. The molecule has 1 amide bonds. The quantitative estimate of drug-likeness (QED) is 0.864. The molecule has 2 fully saturated rings. The van der Waals surface area contributed by atoms with Crippen molar-refractivity contribution in [2.24, 2.45) is 18.9 Å². The second-order valence-electron chi connectivity index (χ2n) is 8.38. The van der Waals surface area contributed by atoms with E-state index in [1.54, 1.807) is 0 Å². The third-order valence-electron chi connectivity index (χ3n) is 6.28. The van der Waals surface area contributed by atoms with Crippen LogP contribution >= 0.6 is 0 Å². The van der Waals surface area contributed by atoms with Crippen LogP contribution in [0.15, 0.2) is 16.8 Å². The Morgan fingerprint density at radius 2 is 1.96 bits per heavy atom. The van der Waals surface area contributed by atoms with E-state index in [1.165, 1.54) is 12.8 Å². The summed E-state index contributed by atoms with van der Waals surface area (Å²) in [5.41, 5.74) is 3.08. The second kappa shape index (κ2) is 7.87. The third kappa shape index (κ3) is 4.09. The van der Waals surface area contributed by atoms with Crippen LogP contribution in [0.2, 0.25) is 0 Å². The summed E-state index contributed by atoms with van der Waals surface area (Å²) in [6, 6.07) is 1.98. The van der Waals surface area contributed by atoms with Gasteiger partial charge in [-0.2, -0.15) is 5.10 Å². The first-order valence-corrected chi connectivity index (χ1v) is 10.3. The number of rotatable bonds is 5. The highest BCUT2D eigenvalue weighted by Crippen LogP contribution is 2.39. The lowest BCUT2D eigenvalue weighted by molar-refractivity contribution is -0.125. The highest BCUT2D eigenvalue weighted by atomic mass is 16.5. The molecule has 2 saturated carbocycles. The van der Waals surface area contributed by atoms with Gasteiger partial charge in [-0.05, 0) is 51.4 Å². The molecular weight excluding hydrogens is 340 g/mol. The Hall–Kier alpha value is -2.11. The van der Waals surface area contributed by atoms with Crippen LogP contribution in [0.1, 0.15) is 68.7 Å². The SMILES string of the molecule is Cc1cc(-c2cn(C)nc2C2CCC(CNC(=O)C3CCCC3)CC2)on1. The smallest absolute Gasteiger partial charge is 0.223 e. The number of nitrogens with zero attached hydrogens (tertiary/aromatic N) is 3. The van der Waals surface area contributed by atoms with Crippen LogP contribution in [0, 0.1) is 18.8 Å². The fraction of sp³-hybridized carbons (Fsp3) is 0.667. The van der Waals surface area contributed by atoms with Crippen molar-refractivity contribution < 1.29 is 9.32 Å². The molecule has 0 radical (unpaired) electrons. The minimum Gasteiger partial charge on any atom is -0.356 e. The molecule has 0 aliphatic heterocycles. The van der Waals surface area contributed by atoms with E-state index >= 15 is 0 Å². The predicted molar refractivity (Wildman–Crippen MR) is 103 cm³/mol. The standard InChI is InChI=1S/C21H30N4O2/c1-14-11-19(27-24-14)18-13-25(2)23-20(18)16-9-7-15(8-10-16)12-22-21(26)17-5-3-4-6-17/h11,13,15-17H,3-10,12H2,1-2H3,(H,22,26). The number of aromatic nitrogens is 3. The number of carbonyl (C=O) groups is 1. The first kappa shape index (κ1) is 18.3. The number of aryl methyl sites for hydroxylation is 2. The molecule has 0 saturated heterocycles. The molecule has 27 heavy (non-hydrogen) atoms. The van der Waals surface area contributed by atoms with Crippen molar-refractivity contribution in [3.05, 3.63) is 23.7 Å². The van der Waals surface area contributed by atoms with Gasteiger partial charge in [-0.3, -0.25) is 9.48 Å². The molecule has 2 aliphatic rings. The average Bonchev–Trinajstić information content (AvgIpc) is 3.41. The summed E-state index contributed by atoms with van der Waals surface area (Å²) >= 11 is 0. The molecule has 0 spiro atoms. The van der Waals surface area contributed by atoms with Gasteiger partial charge in [0, 0.05) is 37.7 Å². The Bertz CT molecular complexity index is 780. The van der Waals surface area contributed by atoms with Crippen molar-refractivity contribution in [2.45, 2.75) is 64.2 Å². The van der Waals surface area contributed by atoms with Crippen LogP contribution in [0.5, 0.6) is 0 Å². The lowest BCUT2D eigenvalue weighted by Crippen LogP contribution is -2.34. The number of carbonyl (C=O) groups excluding carboxylic acids is 1. The largest absolute Gasteiger partial charge is 0.356 e. The molecule has 0 atom stereocenters. The van der Waals surface area contributed by atoms with Crippen molar-refractivity contribution in [3.8, 4) is 11.3 Å². The maximum absolute atomic E-state index is 12.2. The van der Waals surface area contributed by atoms with E-state index < -0.39 is 0 Å². The Balaban J connectivity index is 1.33. The predicted octanol–water partition coefficient (Wildman–Crippen LogP) is 3.96. The highest BCUT2D eigenvalue weighted by Gasteiger charge is 2.29. The molecule has 4 rings (SSSR count). The molecule has 0 bridgehead atoms. The first-order chi connectivity index (χ1) is 13.1. The first-order valence-electron chi connectivity index (χ1n) is 10.3. The Kier molecular flexibility index (Phi) is 5.32. The lowest BCUT2D eigenvalue weighted by atomic mass is 9.79. The topological polar surface area (TPSA) is 73.0 Å².